The van der Waals surface area contributed by atoms with Crippen molar-refractivity contribution >= 4 is 28.6 Å². The van der Waals surface area contributed by atoms with Crippen LogP contribution >= 0.6 is 0 Å². The maximum Gasteiger partial charge on any atom is 0.162 e. The molecule has 4 N–H and O–H groups in total. The van der Waals surface area contributed by atoms with E-state index in [4.69, 9.17) is 10.7 Å². The molecule has 51 heavy (non-hydrogen) atoms. The first-order chi connectivity index (χ1) is 25.0. The maximum atomic E-state index is 6.18. The SMILES string of the molecule is C=C1CCC(N2CCCc3c(C4CCC(N5CCN(/C(C=Nc6c[nH]c7nnc(-c8ccccc8)cc67)=C/N)C(=C)C5)CC4)cccc32)C(=C)N1. The number of H-pyrrole nitrogens is 1. The summed E-state index contributed by atoms with van der Waals surface area (Å²) in [5.74, 6) is 0.621. The lowest BCUT2D eigenvalue weighted by atomic mass is 9.77. The standard InChI is InChI=1S/C42H49N9/c1-28-14-19-40(30(3)46-28)51-20-8-12-36-35(11-7-13-41(36)51)31-15-17-33(18-16-31)49-21-22-50(29(2)27-49)34(24-43)25-44-39-26-45-42-37(39)23-38(47-48-42)32-9-5-4-6-10-32/h4-7,9-11,13,23-26,31,33,40,46H,1-3,8,12,14-22,27,43H2,(H,45,48)/b34-24+,44-25?. The first kappa shape index (κ1) is 33.0. The van der Waals surface area contributed by atoms with Crippen LogP contribution in [-0.4, -0.2) is 69.5 Å². The van der Waals surface area contributed by atoms with Crippen LogP contribution in [0.1, 0.15) is 62.0 Å². The molecule has 262 valence electrons. The molecule has 2 aromatic heterocycles. The number of aliphatic imine (C=N–C) groups is 1. The minimum Gasteiger partial charge on any atom is -0.403 e. The monoisotopic (exact) mass is 679 g/mol. The number of aromatic amines is 1. The van der Waals surface area contributed by atoms with Crippen LogP contribution in [0.2, 0.25) is 0 Å². The number of piperidine rings is 1. The van der Waals surface area contributed by atoms with Gasteiger partial charge in [-0.1, -0.05) is 62.2 Å². The van der Waals surface area contributed by atoms with Crippen LogP contribution in [0.3, 0.4) is 0 Å². The quantitative estimate of drug-likeness (QED) is 0.174. The van der Waals surface area contributed by atoms with E-state index in [1.54, 1.807) is 17.3 Å². The molecule has 0 radical (unpaired) electrons. The van der Waals surface area contributed by atoms with E-state index in [9.17, 15) is 0 Å². The molecule has 1 unspecified atom stereocenters. The maximum absolute atomic E-state index is 6.18. The molecular weight excluding hydrogens is 631 g/mol. The van der Waals surface area contributed by atoms with Gasteiger partial charge in [0.15, 0.2) is 5.65 Å². The molecule has 2 aromatic carbocycles. The van der Waals surface area contributed by atoms with E-state index >= 15 is 0 Å². The van der Waals surface area contributed by atoms with Gasteiger partial charge in [-0.05, 0) is 80.5 Å². The van der Waals surface area contributed by atoms with Crippen LogP contribution in [0.15, 0.2) is 115 Å². The zero-order valence-electron chi connectivity index (χ0n) is 29.5. The van der Waals surface area contributed by atoms with Crippen molar-refractivity contribution in [2.45, 2.75) is 69.4 Å². The number of hydrogen-bond donors (Lipinski definition) is 3. The Kier molecular flexibility index (Phi) is 9.21. The molecule has 9 heteroatoms. The van der Waals surface area contributed by atoms with Crippen molar-refractivity contribution in [3.05, 3.63) is 121 Å². The summed E-state index contributed by atoms with van der Waals surface area (Å²) < 4.78 is 0. The number of allylic oxidation sites excluding steroid dienone is 2. The Morgan fingerprint density at radius 3 is 2.55 bits per heavy atom. The molecule has 9 nitrogen and oxygen atoms in total. The molecule has 0 spiro atoms. The fourth-order valence-corrected chi connectivity index (χ4v) is 8.85. The molecular formula is C42H49N9. The van der Waals surface area contributed by atoms with E-state index < -0.39 is 0 Å². The molecule has 5 heterocycles. The highest BCUT2D eigenvalue weighted by atomic mass is 15.3. The first-order valence-corrected chi connectivity index (χ1v) is 18.5. The average Bonchev–Trinajstić information content (AvgIpc) is 3.58. The number of nitrogens with two attached hydrogens (primary N) is 1. The zero-order valence-corrected chi connectivity index (χ0v) is 29.5. The van der Waals surface area contributed by atoms with Gasteiger partial charge in [0.2, 0.25) is 0 Å². The predicted molar refractivity (Wildman–Crippen MR) is 209 cm³/mol. The van der Waals surface area contributed by atoms with Crippen LogP contribution in [0, 0.1) is 0 Å². The van der Waals surface area contributed by atoms with Crippen molar-refractivity contribution < 1.29 is 0 Å². The van der Waals surface area contributed by atoms with Crippen molar-refractivity contribution in [1.29, 1.82) is 0 Å². The Balaban J connectivity index is 0.893. The average molecular weight is 680 g/mol. The molecule has 1 aliphatic carbocycles. The van der Waals surface area contributed by atoms with Crippen LogP contribution in [0.5, 0.6) is 0 Å². The van der Waals surface area contributed by atoms with E-state index in [0.717, 1.165) is 84.1 Å². The lowest BCUT2D eigenvalue weighted by Gasteiger charge is -2.44. The number of fused-ring (bicyclic) bond motifs is 2. The summed E-state index contributed by atoms with van der Waals surface area (Å²) in [5.41, 5.74) is 18.2. The minimum absolute atomic E-state index is 0.338. The third-order valence-electron chi connectivity index (χ3n) is 11.5. The summed E-state index contributed by atoms with van der Waals surface area (Å²) in [4.78, 5) is 15.5. The summed E-state index contributed by atoms with van der Waals surface area (Å²) in [7, 11) is 0. The highest BCUT2D eigenvalue weighted by molar-refractivity contribution is 5.93. The van der Waals surface area contributed by atoms with E-state index in [-0.39, 0.29) is 0 Å². The van der Waals surface area contributed by atoms with E-state index in [1.807, 2.05) is 48.8 Å². The van der Waals surface area contributed by atoms with Gasteiger partial charge in [0.05, 0.1) is 29.3 Å². The van der Waals surface area contributed by atoms with Gasteiger partial charge in [-0.25, -0.2) is 0 Å². The Labute approximate surface area is 301 Å². The molecule has 1 saturated carbocycles. The first-order valence-electron chi connectivity index (χ1n) is 18.5. The highest BCUT2D eigenvalue weighted by Gasteiger charge is 2.34. The molecule has 3 fully saturated rings. The summed E-state index contributed by atoms with van der Waals surface area (Å²) in [5, 5.41) is 13.1. The number of hydrogen-bond acceptors (Lipinski definition) is 8. The second-order valence-corrected chi connectivity index (χ2v) is 14.5. The van der Waals surface area contributed by atoms with Crippen molar-refractivity contribution in [1.82, 2.24) is 30.3 Å². The lowest BCUT2D eigenvalue weighted by molar-refractivity contribution is 0.118. The van der Waals surface area contributed by atoms with E-state index in [2.05, 4.69) is 73.1 Å². The van der Waals surface area contributed by atoms with Crippen molar-refractivity contribution in [3.63, 3.8) is 0 Å². The molecule has 8 rings (SSSR count). The van der Waals surface area contributed by atoms with Crippen molar-refractivity contribution in [2.75, 3.05) is 31.1 Å². The molecule has 0 bridgehead atoms. The van der Waals surface area contributed by atoms with Gasteiger partial charge >= 0.3 is 0 Å². The molecule has 2 saturated heterocycles. The smallest absolute Gasteiger partial charge is 0.162 e. The van der Waals surface area contributed by atoms with Crippen LogP contribution in [0.25, 0.3) is 22.3 Å². The van der Waals surface area contributed by atoms with Gasteiger partial charge in [0.25, 0.3) is 0 Å². The van der Waals surface area contributed by atoms with Gasteiger partial charge in [-0.15, -0.1) is 10.2 Å². The number of rotatable bonds is 7. The predicted octanol–water partition coefficient (Wildman–Crippen LogP) is 7.52. The molecule has 4 aromatic rings. The second-order valence-electron chi connectivity index (χ2n) is 14.5. The van der Waals surface area contributed by atoms with Crippen LogP contribution in [-0.2, 0) is 6.42 Å². The van der Waals surface area contributed by atoms with Crippen molar-refractivity contribution in [2.24, 2.45) is 10.7 Å². The van der Waals surface area contributed by atoms with Crippen molar-refractivity contribution in [3.8, 4) is 11.3 Å². The molecule has 3 aliphatic heterocycles. The Bertz CT molecular complexity index is 2000. The minimum atomic E-state index is 0.338. The number of nitrogens with one attached hydrogen (secondary N) is 2. The largest absolute Gasteiger partial charge is 0.403 e. The number of nitrogens with zero attached hydrogens (tertiary/aromatic N) is 6. The Morgan fingerprint density at radius 2 is 1.76 bits per heavy atom. The Hall–Kier alpha value is -5.15. The summed E-state index contributed by atoms with van der Waals surface area (Å²) in [6, 6.07) is 20.1. The Morgan fingerprint density at radius 1 is 0.922 bits per heavy atom. The summed E-state index contributed by atoms with van der Waals surface area (Å²) in [6.07, 6.45) is 14.7. The fourth-order valence-electron chi connectivity index (χ4n) is 8.85. The normalized spacial score (nSPS) is 23.6. The van der Waals surface area contributed by atoms with Gasteiger partial charge in [-0.3, -0.25) is 9.89 Å². The topological polar surface area (TPSA) is 102 Å². The number of benzene rings is 2. The molecule has 0 amide bonds. The highest BCUT2D eigenvalue weighted by Crippen LogP contribution is 2.42. The van der Waals surface area contributed by atoms with E-state index in [1.165, 1.54) is 44.2 Å². The van der Waals surface area contributed by atoms with E-state index in [0.29, 0.717) is 23.6 Å². The molecule has 1 atom stereocenters. The third-order valence-corrected chi connectivity index (χ3v) is 11.5. The second kappa shape index (κ2) is 14.2. The van der Waals surface area contributed by atoms with Gasteiger partial charge in [-0.2, -0.15) is 0 Å². The molecule has 4 aliphatic rings. The van der Waals surface area contributed by atoms with Crippen LogP contribution < -0.4 is 16.0 Å². The van der Waals surface area contributed by atoms with Crippen LogP contribution in [0.4, 0.5) is 11.4 Å². The zero-order chi connectivity index (χ0) is 34.9. The fraction of sp³-hybridized carbons (Fsp3) is 0.357. The third kappa shape index (κ3) is 6.58. The summed E-state index contributed by atoms with van der Waals surface area (Å²) >= 11 is 0. The van der Waals surface area contributed by atoms with Gasteiger partial charge in [0, 0.05) is 78.3 Å². The number of piperazine rings is 1. The lowest BCUT2D eigenvalue weighted by Crippen LogP contribution is -2.49. The van der Waals surface area contributed by atoms with Gasteiger partial charge in [0.1, 0.15) is 0 Å². The van der Waals surface area contributed by atoms with Gasteiger partial charge < -0.3 is 25.8 Å². The number of anilines is 1. The summed E-state index contributed by atoms with van der Waals surface area (Å²) in [6.45, 7) is 16.8. The number of aromatic nitrogens is 3.